The number of halogens is 4. The van der Waals surface area contributed by atoms with Gasteiger partial charge in [0.05, 0.1) is 27.0 Å². The summed E-state index contributed by atoms with van der Waals surface area (Å²) in [6.45, 7) is 5.25. The van der Waals surface area contributed by atoms with Gasteiger partial charge < -0.3 is 10.2 Å². The monoisotopic (exact) mass is 581 g/mol. The van der Waals surface area contributed by atoms with Crippen molar-refractivity contribution < 1.29 is 18.0 Å². The zero-order valence-corrected chi connectivity index (χ0v) is 23.5. The standard InChI is InChI=1S/C23H27Cl4N3O4S/c1-14(2)11-28-23(32)15(3)29(12-16-7-5-6-8-17(16)24)22(31)13-30(35(4,33)34)21-10-19(26)18(25)9-20(21)27/h5-10,14-15H,11-13H2,1-4H3,(H,28,32)/t15-/m1/s1. The second-order valence-electron chi connectivity index (χ2n) is 8.42. The van der Waals surface area contributed by atoms with Crippen LogP contribution in [0.25, 0.3) is 0 Å². The maximum atomic E-state index is 13.5. The number of sulfonamides is 1. The Labute approximate surface area is 226 Å². The zero-order chi connectivity index (χ0) is 26.5. The minimum absolute atomic E-state index is 0.00185. The number of rotatable bonds is 10. The van der Waals surface area contributed by atoms with Crippen molar-refractivity contribution in [3.8, 4) is 0 Å². The number of benzene rings is 2. The average molecular weight is 583 g/mol. The second kappa shape index (κ2) is 12.5. The molecule has 0 aliphatic carbocycles. The van der Waals surface area contributed by atoms with Crippen molar-refractivity contribution in [1.82, 2.24) is 10.2 Å². The number of nitrogens with zero attached hydrogens (tertiary/aromatic N) is 2. The van der Waals surface area contributed by atoms with Gasteiger partial charge in [0.2, 0.25) is 21.8 Å². The van der Waals surface area contributed by atoms with Crippen LogP contribution in [-0.4, -0.2) is 50.5 Å². The van der Waals surface area contributed by atoms with Crippen LogP contribution < -0.4 is 9.62 Å². The highest BCUT2D eigenvalue weighted by Crippen LogP contribution is 2.35. The first-order chi connectivity index (χ1) is 16.2. The Morgan fingerprint density at radius 3 is 2.11 bits per heavy atom. The van der Waals surface area contributed by atoms with Gasteiger partial charge in [-0.3, -0.25) is 13.9 Å². The molecule has 1 N–H and O–H groups in total. The van der Waals surface area contributed by atoms with Crippen molar-refractivity contribution in [3.63, 3.8) is 0 Å². The van der Waals surface area contributed by atoms with Crippen molar-refractivity contribution >= 4 is 73.9 Å². The van der Waals surface area contributed by atoms with Crippen molar-refractivity contribution in [3.05, 3.63) is 62.1 Å². The SMILES string of the molecule is CC(C)CNC(=O)[C@@H](C)N(Cc1ccccc1Cl)C(=O)CN(c1cc(Cl)c(Cl)cc1Cl)S(C)(=O)=O. The summed E-state index contributed by atoms with van der Waals surface area (Å²) in [4.78, 5) is 27.6. The molecule has 0 unspecified atom stereocenters. The Bertz CT molecular complexity index is 1190. The summed E-state index contributed by atoms with van der Waals surface area (Å²) in [5.74, 6) is -0.807. The molecule has 2 aromatic rings. The molecule has 12 heteroatoms. The van der Waals surface area contributed by atoms with Crippen LogP contribution in [0, 0.1) is 5.92 Å². The second-order valence-corrected chi connectivity index (χ2v) is 12.0. The first-order valence-corrected chi connectivity index (χ1v) is 14.0. The predicted molar refractivity (Wildman–Crippen MR) is 143 cm³/mol. The number of hydrogen-bond acceptors (Lipinski definition) is 4. The molecule has 0 aliphatic heterocycles. The number of amides is 2. The molecular weight excluding hydrogens is 556 g/mol. The molecule has 0 saturated heterocycles. The largest absolute Gasteiger partial charge is 0.354 e. The van der Waals surface area contributed by atoms with Gasteiger partial charge in [0.1, 0.15) is 12.6 Å². The summed E-state index contributed by atoms with van der Waals surface area (Å²) in [5.41, 5.74) is 0.594. The number of carbonyl (C=O) groups excluding carboxylic acids is 2. The van der Waals surface area contributed by atoms with E-state index in [2.05, 4.69) is 5.32 Å². The first kappa shape index (κ1) is 29.5. The molecule has 0 radical (unpaired) electrons. The van der Waals surface area contributed by atoms with Crippen molar-refractivity contribution in [2.24, 2.45) is 5.92 Å². The zero-order valence-electron chi connectivity index (χ0n) is 19.7. The molecule has 192 valence electrons. The Kier molecular flexibility index (Phi) is 10.5. The fourth-order valence-corrected chi connectivity index (χ4v) is 4.89. The summed E-state index contributed by atoms with van der Waals surface area (Å²) in [6.07, 6.45) is 0.941. The fraction of sp³-hybridized carbons (Fsp3) is 0.391. The van der Waals surface area contributed by atoms with Crippen LogP contribution in [0.4, 0.5) is 5.69 Å². The van der Waals surface area contributed by atoms with E-state index >= 15 is 0 Å². The van der Waals surface area contributed by atoms with Gasteiger partial charge in [-0.1, -0.05) is 78.5 Å². The number of anilines is 1. The Morgan fingerprint density at radius 1 is 0.943 bits per heavy atom. The Hall–Kier alpha value is -1.71. The van der Waals surface area contributed by atoms with E-state index in [4.69, 9.17) is 46.4 Å². The van der Waals surface area contributed by atoms with E-state index in [0.717, 1.165) is 10.6 Å². The third-order valence-electron chi connectivity index (χ3n) is 5.09. The van der Waals surface area contributed by atoms with E-state index in [1.165, 1.54) is 17.0 Å². The van der Waals surface area contributed by atoms with Gasteiger partial charge in [0, 0.05) is 18.1 Å². The highest BCUT2D eigenvalue weighted by molar-refractivity contribution is 7.92. The molecule has 0 heterocycles. The van der Waals surface area contributed by atoms with Crippen LogP contribution in [0.1, 0.15) is 26.3 Å². The highest BCUT2D eigenvalue weighted by atomic mass is 35.5. The Balaban J connectivity index is 2.45. The molecule has 0 fully saturated rings. The molecule has 0 aliphatic rings. The lowest BCUT2D eigenvalue weighted by atomic mass is 10.1. The molecule has 1 atom stereocenters. The van der Waals surface area contributed by atoms with Gasteiger partial charge in [-0.25, -0.2) is 8.42 Å². The number of nitrogens with one attached hydrogen (secondary N) is 1. The van der Waals surface area contributed by atoms with E-state index in [-0.39, 0.29) is 39.1 Å². The van der Waals surface area contributed by atoms with E-state index in [0.29, 0.717) is 17.1 Å². The minimum Gasteiger partial charge on any atom is -0.354 e. The predicted octanol–water partition coefficient (Wildman–Crippen LogP) is 5.26. The highest BCUT2D eigenvalue weighted by Gasteiger charge is 2.31. The summed E-state index contributed by atoms with van der Waals surface area (Å²) >= 11 is 24.6. The molecule has 2 rings (SSSR count). The van der Waals surface area contributed by atoms with Crippen LogP contribution in [0.5, 0.6) is 0 Å². The maximum absolute atomic E-state index is 13.5. The maximum Gasteiger partial charge on any atom is 0.244 e. The van der Waals surface area contributed by atoms with E-state index in [1.54, 1.807) is 31.2 Å². The number of carbonyl (C=O) groups is 2. The molecule has 2 amide bonds. The quantitative estimate of drug-likeness (QED) is 0.387. The first-order valence-electron chi connectivity index (χ1n) is 10.6. The molecule has 0 spiro atoms. The summed E-state index contributed by atoms with van der Waals surface area (Å²) < 4.78 is 26.1. The van der Waals surface area contributed by atoms with E-state index in [9.17, 15) is 18.0 Å². The third-order valence-corrected chi connectivity index (χ3v) is 7.61. The molecule has 7 nitrogen and oxygen atoms in total. The molecule has 35 heavy (non-hydrogen) atoms. The van der Waals surface area contributed by atoms with Gasteiger partial charge in [-0.05, 0) is 36.6 Å². The van der Waals surface area contributed by atoms with Crippen LogP contribution in [0.3, 0.4) is 0 Å². The summed E-state index contributed by atoms with van der Waals surface area (Å²) in [5, 5.41) is 3.42. The van der Waals surface area contributed by atoms with Gasteiger partial charge in [0.25, 0.3) is 0 Å². The van der Waals surface area contributed by atoms with Gasteiger partial charge >= 0.3 is 0 Å². The third kappa shape index (κ3) is 8.15. The fourth-order valence-electron chi connectivity index (χ4n) is 3.14. The topological polar surface area (TPSA) is 86.8 Å². The molecular formula is C23H27Cl4N3O4S. The van der Waals surface area contributed by atoms with Gasteiger partial charge in [0.15, 0.2) is 0 Å². The smallest absolute Gasteiger partial charge is 0.244 e. The van der Waals surface area contributed by atoms with Crippen molar-refractivity contribution in [2.45, 2.75) is 33.4 Å². The van der Waals surface area contributed by atoms with E-state index < -0.39 is 28.5 Å². The van der Waals surface area contributed by atoms with Gasteiger partial charge in [-0.2, -0.15) is 0 Å². The molecule has 2 aromatic carbocycles. The summed E-state index contributed by atoms with van der Waals surface area (Å²) in [6, 6.07) is 8.56. The molecule has 0 bridgehead atoms. The van der Waals surface area contributed by atoms with Crippen LogP contribution >= 0.6 is 46.4 Å². The average Bonchev–Trinajstić information content (AvgIpc) is 2.76. The van der Waals surface area contributed by atoms with Crippen molar-refractivity contribution in [1.29, 1.82) is 0 Å². The minimum atomic E-state index is -3.97. The molecule has 0 saturated carbocycles. The lowest BCUT2D eigenvalue weighted by Crippen LogP contribution is -2.51. The van der Waals surface area contributed by atoms with Crippen LogP contribution in [0.15, 0.2) is 36.4 Å². The summed E-state index contributed by atoms with van der Waals surface area (Å²) in [7, 11) is -3.97. The van der Waals surface area contributed by atoms with Gasteiger partial charge in [-0.15, -0.1) is 0 Å². The Morgan fingerprint density at radius 2 is 1.54 bits per heavy atom. The normalized spacial score (nSPS) is 12.4. The number of hydrogen-bond donors (Lipinski definition) is 1. The van der Waals surface area contributed by atoms with E-state index in [1.807, 2.05) is 13.8 Å². The van der Waals surface area contributed by atoms with Crippen LogP contribution in [-0.2, 0) is 26.2 Å². The molecule has 0 aromatic heterocycles. The lowest BCUT2D eigenvalue weighted by Gasteiger charge is -2.32. The van der Waals surface area contributed by atoms with Crippen molar-refractivity contribution in [2.75, 3.05) is 23.7 Å². The van der Waals surface area contributed by atoms with Crippen LogP contribution in [0.2, 0.25) is 20.1 Å². The lowest BCUT2D eigenvalue weighted by molar-refractivity contribution is -0.139.